The molecule has 0 bridgehead atoms. The number of ether oxygens (including phenoxy) is 2. The number of nitrogens with two attached hydrogens (primary N) is 1. The van der Waals surface area contributed by atoms with Gasteiger partial charge in [-0.05, 0) is 58.4 Å². The molecule has 258 valence electrons. The van der Waals surface area contributed by atoms with Gasteiger partial charge in [0.15, 0.2) is 11.6 Å². The molecule has 0 radical (unpaired) electrons. The van der Waals surface area contributed by atoms with Gasteiger partial charge in [0, 0.05) is 32.7 Å². The number of nitrogens with one attached hydrogen (secondary N) is 2. The van der Waals surface area contributed by atoms with Gasteiger partial charge in [-0.3, -0.25) is 28.9 Å². The van der Waals surface area contributed by atoms with E-state index in [0.29, 0.717) is 30.7 Å². The number of hydrogen-bond donors (Lipinski definition) is 4. The number of methoxy groups -OCH3 is 1. The van der Waals surface area contributed by atoms with E-state index in [1.165, 1.54) is 32.8 Å². The smallest absolute Gasteiger partial charge is 0.409 e. The van der Waals surface area contributed by atoms with E-state index in [2.05, 4.69) is 10.6 Å². The lowest BCUT2D eigenvalue weighted by Gasteiger charge is -2.41. The van der Waals surface area contributed by atoms with E-state index < -0.39 is 83.6 Å². The molecule has 0 spiro atoms. The fraction of sp³-hybridized carbons (Fsp3) is 0.594. The molecule has 2 aliphatic rings. The predicted molar refractivity (Wildman–Crippen MR) is 167 cm³/mol. The zero-order chi connectivity index (χ0) is 34.9. The molecule has 1 heterocycles. The van der Waals surface area contributed by atoms with Crippen LogP contribution in [0.1, 0.15) is 64.9 Å². The molecule has 2 fully saturated rings. The summed E-state index contributed by atoms with van der Waals surface area (Å²) in [5.41, 5.74) is 4.25. The van der Waals surface area contributed by atoms with Crippen molar-refractivity contribution in [1.29, 1.82) is 0 Å². The minimum atomic E-state index is -2.66. The number of carboxylic acid groups (broad SMARTS) is 1. The van der Waals surface area contributed by atoms with Crippen LogP contribution < -0.4 is 16.4 Å². The zero-order valence-corrected chi connectivity index (χ0v) is 27.2. The van der Waals surface area contributed by atoms with Gasteiger partial charge in [0.1, 0.15) is 18.8 Å². The van der Waals surface area contributed by atoms with Crippen LogP contribution in [-0.4, -0.2) is 112 Å². The number of hydrogen-bond acceptors (Lipinski definition) is 10. The standard InChI is InChI=1S/C32H45N5O10/c1-19(2)37(31(44)45)32(25(38)17-24(46-4)27(32)40)26(39)23-14-10-16-36(23)29(42)20(3)35-28(41)22(33)13-8-9-15-34-30(43)47-18-21-11-6-5-7-12-21/h5-7,11-12,19-20,22-24H,8-10,13-18,33H2,1-4H3,(H,34,43)(H,35,41)(H,44,45)/t20-,22-,23+,24?,32?/m0/s1. The first-order valence-corrected chi connectivity index (χ1v) is 15.7. The van der Waals surface area contributed by atoms with Crippen LogP contribution >= 0.6 is 0 Å². The van der Waals surface area contributed by atoms with Crippen LogP contribution in [0.5, 0.6) is 0 Å². The molecule has 1 aromatic carbocycles. The summed E-state index contributed by atoms with van der Waals surface area (Å²) in [6.45, 7) is 4.88. The Hall–Kier alpha value is -4.37. The second kappa shape index (κ2) is 16.5. The monoisotopic (exact) mass is 659 g/mol. The van der Waals surface area contributed by atoms with Gasteiger partial charge in [0.2, 0.25) is 23.1 Å². The van der Waals surface area contributed by atoms with Crippen LogP contribution in [0.3, 0.4) is 0 Å². The number of carbonyl (C=O) groups excluding carboxylic acids is 6. The minimum absolute atomic E-state index is 0.100. The number of rotatable bonds is 15. The summed E-state index contributed by atoms with van der Waals surface area (Å²) in [4.78, 5) is 93.3. The van der Waals surface area contributed by atoms with Crippen molar-refractivity contribution in [2.45, 2.75) is 102 Å². The molecular formula is C32H45N5O10. The lowest BCUT2D eigenvalue weighted by atomic mass is 9.82. The third-order valence-electron chi connectivity index (χ3n) is 8.48. The number of benzene rings is 1. The van der Waals surface area contributed by atoms with Crippen molar-refractivity contribution >= 4 is 41.4 Å². The first kappa shape index (κ1) is 37.1. The maximum atomic E-state index is 14.1. The van der Waals surface area contributed by atoms with Gasteiger partial charge < -0.3 is 35.8 Å². The zero-order valence-electron chi connectivity index (χ0n) is 27.2. The van der Waals surface area contributed by atoms with Crippen molar-refractivity contribution in [2.24, 2.45) is 5.73 Å². The highest BCUT2D eigenvalue weighted by Crippen LogP contribution is 2.37. The van der Waals surface area contributed by atoms with Gasteiger partial charge in [-0.15, -0.1) is 0 Å². The fourth-order valence-electron chi connectivity index (χ4n) is 6.11. The molecule has 1 aromatic rings. The van der Waals surface area contributed by atoms with E-state index in [1.807, 2.05) is 30.3 Å². The van der Waals surface area contributed by atoms with Gasteiger partial charge in [0.05, 0.1) is 12.1 Å². The highest BCUT2D eigenvalue weighted by molar-refractivity contribution is 6.36. The normalized spacial score (nSPS) is 22.1. The highest BCUT2D eigenvalue weighted by atomic mass is 16.5. The summed E-state index contributed by atoms with van der Waals surface area (Å²) in [6, 6.07) is 4.97. The van der Waals surface area contributed by atoms with Gasteiger partial charge in [-0.25, -0.2) is 9.59 Å². The average molecular weight is 660 g/mol. The SMILES string of the molecule is COC1CC(=O)C(C(=O)[C@H]2CCCN2C(=O)[C@H](C)NC(=O)[C@@H](N)CCCCNC(=O)OCc2ccccc2)(N(C(=O)O)C(C)C)C1=O. The van der Waals surface area contributed by atoms with E-state index in [-0.39, 0.29) is 26.0 Å². The summed E-state index contributed by atoms with van der Waals surface area (Å²) < 4.78 is 10.3. The maximum Gasteiger partial charge on any atom is 0.409 e. The Morgan fingerprint density at radius 2 is 1.79 bits per heavy atom. The Morgan fingerprint density at radius 3 is 2.38 bits per heavy atom. The third-order valence-corrected chi connectivity index (χ3v) is 8.48. The number of nitrogens with zero attached hydrogens (tertiary/aromatic N) is 2. The summed E-state index contributed by atoms with van der Waals surface area (Å²) >= 11 is 0. The van der Waals surface area contributed by atoms with E-state index in [0.717, 1.165) is 5.56 Å². The van der Waals surface area contributed by atoms with E-state index in [1.54, 1.807) is 0 Å². The molecule has 1 aliphatic heterocycles. The lowest BCUT2D eigenvalue weighted by molar-refractivity contribution is -0.154. The quantitative estimate of drug-likeness (QED) is 0.155. The largest absolute Gasteiger partial charge is 0.465 e. The number of unbranched alkanes of at least 4 members (excludes halogenated alkanes) is 1. The van der Waals surface area contributed by atoms with E-state index in [4.69, 9.17) is 15.2 Å². The first-order chi connectivity index (χ1) is 22.3. The predicted octanol–water partition coefficient (Wildman–Crippen LogP) is 1.16. The van der Waals surface area contributed by atoms with E-state index >= 15 is 0 Å². The Bertz CT molecular complexity index is 1340. The minimum Gasteiger partial charge on any atom is -0.465 e. The summed E-state index contributed by atoms with van der Waals surface area (Å²) in [5.74, 6) is -4.11. The van der Waals surface area contributed by atoms with Crippen LogP contribution in [-0.2, 0) is 40.1 Å². The van der Waals surface area contributed by atoms with Crippen molar-refractivity contribution in [1.82, 2.24) is 20.4 Å². The number of Topliss-reactive ketones (excluding diaryl/α,β-unsaturated/α-hetero) is 3. The topological polar surface area (TPSA) is 215 Å². The van der Waals surface area contributed by atoms with Crippen LogP contribution in [0.2, 0.25) is 0 Å². The Balaban J connectivity index is 1.56. The van der Waals surface area contributed by atoms with Crippen LogP contribution in [0.4, 0.5) is 9.59 Å². The molecule has 3 rings (SSSR count). The number of ketones is 3. The third kappa shape index (κ3) is 8.32. The number of amides is 4. The molecule has 0 aromatic heterocycles. The van der Waals surface area contributed by atoms with Crippen LogP contribution in [0.15, 0.2) is 30.3 Å². The van der Waals surface area contributed by atoms with Crippen molar-refractivity contribution in [3.63, 3.8) is 0 Å². The van der Waals surface area contributed by atoms with Gasteiger partial charge in [-0.2, -0.15) is 0 Å². The molecule has 4 amide bonds. The van der Waals surface area contributed by atoms with Crippen molar-refractivity contribution in [3.05, 3.63) is 35.9 Å². The fourth-order valence-corrected chi connectivity index (χ4v) is 6.11. The Morgan fingerprint density at radius 1 is 1.11 bits per heavy atom. The first-order valence-electron chi connectivity index (χ1n) is 15.7. The summed E-state index contributed by atoms with van der Waals surface area (Å²) in [7, 11) is 1.19. The lowest BCUT2D eigenvalue weighted by Crippen LogP contribution is -2.70. The van der Waals surface area contributed by atoms with Crippen molar-refractivity contribution in [3.8, 4) is 0 Å². The number of alkyl carbamates (subject to hydrolysis) is 1. The van der Waals surface area contributed by atoms with Gasteiger partial charge >= 0.3 is 12.2 Å². The van der Waals surface area contributed by atoms with Crippen molar-refractivity contribution in [2.75, 3.05) is 20.2 Å². The average Bonchev–Trinajstić information content (AvgIpc) is 3.62. The molecule has 5 atom stereocenters. The molecule has 47 heavy (non-hydrogen) atoms. The molecule has 1 aliphatic carbocycles. The molecule has 15 heteroatoms. The molecular weight excluding hydrogens is 614 g/mol. The Kier molecular flexibility index (Phi) is 13.0. The van der Waals surface area contributed by atoms with Gasteiger partial charge in [0.25, 0.3) is 0 Å². The molecule has 5 N–H and O–H groups in total. The van der Waals surface area contributed by atoms with E-state index in [9.17, 15) is 38.7 Å². The van der Waals surface area contributed by atoms with Crippen LogP contribution in [0.25, 0.3) is 0 Å². The maximum absolute atomic E-state index is 14.1. The molecule has 1 saturated heterocycles. The van der Waals surface area contributed by atoms with Crippen molar-refractivity contribution < 1.29 is 48.1 Å². The summed E-state index contributed by atoms with van der Waals surface area (Å²) in [5, 5.41) is 15.2. The molecule has 2 unspecified atom stereocenters. The summed E-state index contributed by atoms with van der Waals surface area (Å²) in [6.07, 6.45) is -2.21. The second-order valence-corrected chi connectivity index (χ2v) is 12.0. The number of carbonyl (C=O) groups is 7. The molecule has 15 nitrogen and oxygen atoms in total. The van der Waals surface area contributed by atoms with Gasteiger partial charge in [-0.1, -0.05) is 30.3 Å². The highest BCUT2D eigenvalue weighted by Gasteiger charge is 2.67. The number of likely N-dealkylation sites (tertiary alicyclic amines) is 1. The van der Waals surface area contributed by atoms with Crippen LogP contribution in [0, 0.1) is 0 Å². The second-order valence-electron chi connectivity index (χ2n) is 12.0. The molecule has 1 saturated carbocycles. The Labute approximate surface area is 273 Å².